The Bertz CT molecular complexity index is 1250. The van der Waals surface area contributed by atoms with Crippen molar-refractivity contribution in [2.75, 3.05) is 17.2 Å². The molecular formula is C26H27N3O4S. The SMILES string of the molecule is C=CCOc1ccc(/C=N\NC(=O)c2ccc(N(Cc3ccc(C)cc3)S(C)(=O)=O)cc2)cc1. The second kappa shape index (κ2) is 11.3. The van der Waals surface area contributed by atoms with Gasteiger partial charge in [-0.3, -0.25) is 9.10 Å². The minimum atomic E-state index is -3.52. The number of ether oxygens (including phenoxy) is 1. The molecule has 0 aliphatic rings. The molecule has 34 heavy (non-hydrogen) atoms. The molecule has 0 fully saturated rings. The Morgan fingerprint density at radius 3 is 2.26 bits per heavy atom. The van der Waals surface area contributed by atoms with Crippen LogP contribution in [0.2, 0.25) is 0 Å². The number of aryl methyl sites for hydroxylation is 1. The third-order valence-electron chi connectivity index (χ3n) is 4.89. The van der Waals surface area contributed by atoms with Gasteiger partial charge in [-0.2, -0.15) is 5.10 Å². The maximum Gasteiger partial charge on any atom is 0.271 e. The quantitative estimate of drug-likeness (QED) is 0.268. The van der Waals surface area contributed by atoms with Gasteiger partial charge < -0.3 is 4.74 Å². The molecule has 0 aromatic heterocycles. The molecule has 0 saturated carbocycles. The number of hydrogen-bond acceptors (Lipinski definition) is 5. The van der Waals surface area contributed by atoms with Crippen LogP contribution in [-0.2, 0) is 16.6 Å². The molecule has 1 amide bonds. The summed E-state index contributed by atoms with van der Waals surface area (Å²) in [5.74, 6) is 0.310. The van der Waals surface area contributed by atoms with Gasteiger partial charge in [-0.1, -0.05) is 42.5 Å². The average molecular weight is 478 g/mol. The van der Waals surface area contributed by atoms with Gasteiger partial charge in [-0.15, -0.1) is 0 Å². The standard InChI is InChI=1S/C26H27N3O4S/c1-4-17-33-25-15-9-21(10-16-25)18-27-28-26(30)23-11-13-24(14-12-23)29(34(3,31)32)19-22-7-5-20(2)6-8-22/h4-16,18H,1,17,19H2,2-3H3,(H,28,30)/b27-18-. The first kappa shape index (κ1) is 24.7. The molecule has 0 atom stereocenters. The summed E-state index contributed by atoms with van der Waals surface area (Å²) in [6.45, 7) is 6.21. The first-order chi connectivity index (χ1) is 16.3. The molecule has 0 unspecified atom stereocenters. The number of hydrazone groups is 1. The third kappa shape index (κ3) is 7.05. The molecule has 7 nitrogen and oxygen atoms in total. The van der Waals surface area contributed by atoms with Crippen LogP contribution in [0.15, 0.2) is 90.6 Å². The number of nitrogens with one attached hydrogen (secondary N) is 1. The largest absolute Gasteiger partial charge is 0.490 e. The summed E-state index contributed by atoms with van der Waals surface area (Å²) in [7, 11) is -3.52. The highest BCUT2D eigenvalue weighted by Crippen LogP contribution is 2.21. The normalized spacial score (nSPS) is 11.2. The van der Waals surface area contributed by atoms with Gasteiger partial charge in [0.05, 0.1) is 24.7 Å². The third-order valence-corrected chi connectivity index (χ3v) is 6.03. The lowest BCUT2D eigenvalue weighted by Crippen LogP contribution is -2.29. The van der Waals surface area contributed by atoms with Crippen LogP contribution in [-0.4, -0.2) is 33.4 Å². The van der Waals surface area contributed by atoms with Crippen LogP contribution in [0.4, 0.5) is 5.69 Å². The van der Waals surface area contributed by atoms with E-state index in [2.05, 4.69) is 17.1 Å². The molecular weight excluding hydrogens is 450 g/mol. The van der Waals surface area contributed by atoms with E-state index in [0.29, 0.717) is 23.6 Å². The van der Waals surface area contributed by atoms with Crippen LogP contribution in [0.3, 0.4) is 0 Å². The zero-order valence-corrected chi connectivity index (χ0v) is 20.0. The van der Waals surface area contributed by atoms with E-state index < -0.39 is 15.9 Å². The van der Waals surface area contributed by atoms with E-state index in [1.165, 1.54) is 10.5 Å². The molecule has 0 radical (unpaired) electrons. The Morgan fingerprint density at radius 2 is 1.68 bits per heavy atom. The van der Waals surface area contributed by atoms with Gasteiger partial charge in [-0.25, -0.2) is 13.8 Å². The van der Waals surface area contributed by atoms with Gasteiger partial charge in [-0.05, 0) is 66.6 Å². The van der Waals surface area contributed by atoms with Crippen LogP contribution in [0.25, 0.3) is 0 Å². The number of sulfonamides is 1. The summed E-state index contributed by atoms with van der Waals surface area (Å²) in [6, 6.07) is 21.3. The fourth-order valence-electron chi connectivity index (χ4n) is 3.07. The monoisotopic (exact) mass is 477 g/mol. The van der Waals surface area contributed by atoms with E-state index in [9.17, 15) is 13.2 Å². The number of hydrogen-bond donors (Lipinski definition) is 1. The number of carbonyl (C=O) groups is 1. The Balaban J connectivity index is 1.64. The highest BCUT2D eigenvalue weighted by atomic mass is 32.2. The molecule has 3 aromatic carbocycles. The minimum absolute atomic E-state index is 0.201. The van der Waals surface area contributed by atoms with Crippen molar-refractivity contribution in [2.24, 2.45) is 5.10 Å². The first-order valence-electron chi connectivity index (χ1n) is 10.6. The molecule has 3 aromatic rings. The highest BCUT2D eigenvalue weighted by molar-refractivity contribution is 7.92. The summed E-state index contributed by atoms with van der Waals surface area (Å²) in [5, 5.41) is 3.98. The molecule has 8 heteroatoms. The van der Waals surface area contributed by atoms with Gasteiger partial charge in [0.1, 0.15) is 12.4 Å². The molecule has 0 aliphatic carbocycles. The van der Waals surface area contributed by atoms with Crippen LogP contribution >= 0.6 is 0 Å². The lowest BCUT2D eigenvalue weighted by Gasteiger charge is -2.22. The molecule has 0 heterocycles. The molecule has 3 rings (SSSR count). The summed E-state index contributed by atoms with van der Waals surface area (Å²) in [6.07, 6.45) is 4.35. The van der Waals surface area contributed by atoms with Gasteiger partial charge in [0.15, 0.2) is 0 Å². The van der Waals surface area contributed by atoms with E-state index in [1.54, 1.807) is 42.5 Å². The van der Waals surface area contributed by atoms with Gasteiger partial charge >= 0.3 is 0 Å². The van der Waals surface area contributed by atoms with E-state index >= 15 is 0 Å². The Morgan fingerprint density at radius 1 is 1.03 bits per heavy atom. The van der Waals surface area contributed by atoms with Gasteiger partial charge in [0.2, 0.25) is 10.0 Å². The molecule has 0 aliphatic heterocycles. The zero-order chi connectivity index (χ0) is 24.6. The molecule has 1 N–H and O–H groups in total. The topological polar surface area (TPSA) is 88.1 Å². The maximum absolute atomic E-state index is 12.4. The molecule has 0 spiro atoms. The van der Waals surface area contributed by atoms with Gasteiger partial charge in [0.25, 0.3) is 5.91 Å². The molecule has 0 bridgehead atoms. The number of rotatable bonds is 10. The molecule has 176 valence electrons. The predicted molar refractivity (Wildman–Crippen MR) is 136 cm³/mol. The maximum atomic E-state index is 12.4. The predicted octanol–water partition coefficient (Wildman–Crippen LogP) is 4.29. The van der Waals surface area contributed by atoms with Crippen molar-refractivity contribution in [3.8, 4) is 5.75 Å². The van der Waals surface area contributed by atoms with Crippen LogP contribution in [0, 0.1) is 6.92 Å². The van der Waals surface area contributed by atoms with Crippen molar-refractivity contribution < 1.29 is 17.9 Å². The van der Waals surface area contributed by atoms with Crippen LogP contribution in [0.5, 0.6) is 5.75 Å². The van der Waals surface area contributed by atoms with E-state index in [4.69, 9.17) is 4.74 Å². The van der Waals surface area contributed by atoms with Crippen LogP contribution < -0.4 is 14.5 Å². The summed E-state index contributed by atoms with van der Waals surface area (Å²) in [4.78, 5) is 12.4. The van der Waals surface area contributed by atoms with E-state index in [1.807, 2.05) is 43.3 Å². The van der Waals surface area contributed by atoms with E-state index in [0.717, 1.165) is 22.9 Å². The Labute approximate surface area is 200 Å². The summed E-state index contributed by atoms with van der Waals surface area (Å²) in [5.41, 5.74) is 6.07. The Hall–Kier alpha value is -3.91. The fourth-order valence-corrected chi connectivity index (χ4v) is 3.96. The average Bonchev–Trinajstić information content (AvgIpc) is 2.82. The smallest absolute Gasteiger partial charge is 0.271 e. The van der Waals surface area contributed by atoms with Crippen molar-refractivity contribution in [3.63, 3.8) is 0 Å². The van der Waals surface area contributed by atoms with Crippen molar-refractivity contribution in [1.29, 1.82) is 0 Å². The molecule has 0 saturated heterocycles. The Kier molecular flexibility index (Phi) is 8.21. The highest BCUT2D eigenvalue weighted by Gasteiger charge is 2.18. The first-order valence-corrected chi connectivity index (χ1v) is 12.4. The second-order valence-corrected chi connectivity index (χ2v) is 9.58. The number of amides is 1. The summed E-state index contributed by atoms with van der Waals surface area (Å²) >= 11 is 0. The lowest BCUT2D eigenvalue weighted by molar-refractivity contribution is 0.0955. The zero-order valence-electron chi connectivity index (χ0n) is 19.1. The van der Waals surface area contributed by atoms with Gasteiger partial charge in [0, 0.05) is 5.56 Å². The van der Waals surface area contributed by atoms with Crippen molar-refractivity contribution in [1.82, 2.24) is 5.43 Å². The number of anilines is 1. The number of nitrogens with zero attached hydrogens (tertiary/aromatic N) is 2. The van der Waals surface area contributed by atoms with Crippen molar-refractivity contribution in [2.45, 2.75) is 13.5 Å². The fraction of sp³-hybridized carbons (Fsp3) is 0.154. The number of benzene rings is 3. The van der Waals surface area contributed by atoms with Crippen molar-refractivity contribution >= 4 is 27.8 Å². The van der Waals surface area contributed by atoms with E-state index in [-0.39, 0.29) is 6.54 Å². The number of carbonyl (C=O) groups excluding carboxylic acids is 1. The minimum Gasteiger partial charge on any atom is -0.490 e. The second-order valence-electron chi connectivity index (χ2n) is 7.67. The van der Waals surface area contributed by atoms with Crippen LogP contribution in [0.1, 0.15) is 27.0 Å². The summed E-state index contributed by atoms with van der Waals surface area (Å²) < 4.78 is 31.5. The lowest BCUT2D eigenvalue weighted by atomic mass is 10.1. The van der Waals surface area contributed by atoms with Crippen molar-refractivity contribution in [3.05, 3.63) is 108 Å².